The SMILES string of the molecule is C[C@@H]1CN(CCC(=O)N2CCCc3ccccc32)C[C@]1(C)O. The van der Waals surface area contributed by atoms with Gasteiger partial charge in [0.2, 0.25) is 5.91 Å². The molecule has 0 aromatic heterocycles. The Morgan fingerprint density at radius 2 is 2.18 bits per heavy atom. The first-order chi connectivity index (χ1) is 10.5. The first-order valence-corrected chi connectivity index (χ1v) is 8.30. The Labute approximate surface area is 132 Å². The molecule has 4 nitrogen and oxygen atoms in total. The van der Waals surface area contributed by atoms with Crippen molar-refractivity contribution in [2.24, 2.45) is 5.92 Å². The molecule has 2 heterocycles. The molecule has 1 amide bonds. The summed E-state index contributed by atoms with van der Waals surface area (Å²) in [7, 11) is 0. The first-order valence-electron chi connectivity index (χ1n) is 8.30. The van der Waals surface area contributed by atoms with Crippen LogP contribution in [0.2, 0.25) is 0 Å². The second-order valence-corrected chi connectivity index (χ2v) is 7.02. The van der Waals surface area contributed by atoms with Crippen molar-refractivity contribution in [3.8, 4) is 0 Å². The van der Waals surface area contributed by atoms with E-state index in [4.69, 9.17) is 0 Å². The lowest BCUT2D eigenvalue weighted by Crippen LogP contribution is -2.38. The molecule has 0 unspecified atom stereocenters. The summed E-state index contributed by atoms with van der Waals surface area (Å²) in [6, 6.07) is 8.22. The van der Waals surface area contributed by atoms with E-state index in [9.17, 15) is 9.90 Å². The van der Waals surface area contributed by atoms with Crippen molar-refractivity contribution < 1.29 is 9.90 Å². The number of para-hydroxylation sites is 1. The van der Waals surface area contributed by atoms with Gasteiger partial charge in [-0.1, -0.05) is 25.1 Å². The molecule has 2 atom stereocenters. The van der Waals surface area contributed by atoms with Crippen LogP contribution in [-0.2, 0) is 11.2 Å². The number of anilines is 1. The van der Waals surface area contributed by atoms with Crippen molar-refractivity contribution in [3.05, 3.63) is 29.8 Å². The molecule has 120 valence electrons. The Morgan fingerprint density at radius 1 is 1.41 bits per heavy atom. The fraction of sp³-hybridized carbons (Fsp3) is 0.611. The van der Waals surface area contributed by atoms with E-state index in [1.165, 1.54) is 5.56 Å². The number of hydrogen-bond acceptors (Lipinski definition) is 3. The van der Waals surface area contributed by atoms with Gasteiger partial charge in [0.05, 0.1) is 5.60 Å². The van der Waals surface area contributed by atoms with E-state index < -0.39 is 5.60 Å². The summed E-state index contributed by atoms with van der Waals surface area (Å²) in [6.07, 6.45) is 2.63. The normalized spacial score (nSPS) is 28.7. The van der Waals surface area contributed by atoms with Gasteiger partial charge in [0.25, 0.3) is 0 Å². The third-order valence-corrected chi connectivity index (χ3v) is 5.19. The lowest BCUT2D eigenvalue weighted by Gasteiger charge is -2.30. The van der Waals surface area contributed by atoms with Crippen LogP contribution in [0.3, 0.4) is 0 Å². The van der Waals surface area contributed by atoms with E-state index in [0.717, 1.165) is 38.2 Å². The molecule has 1 aromatic rings. The van der Waals surface area contributed by atoms with Crippen molar-refractivity contribution >= 4 is 11.6 Å². The number of carbonyl (C=O) groups excluding carboxylic acids is 1. The minimum atomic E-state index is -0.624. The number of amides is 1. The van der Waals surface area contributed by atoms with E-state index in [1.54, 1.807) is 0 Å². The third-order valence-electron chi connectivity index (χ3n) is 5.19. The van der Waals surface area contributed by atoms with Gasteiger partial charge >= 0.3 is 0 Å². The first kappa shape index (κ1) is 15.5. The number of benzene rings is 1. The second-order valence-electron chi connectivity index (χ2n) is 7.02. The van der Waals surface area contributed by atoms with Gasteiger partial charge in [-0.25, -0.2) is 0 Å². The number of β-amino-alcohol motifs (C(OH)–C–C–N with tert-alkyl or cyclic N) is 1. The van der Waals surface area contributed by atoms with Crippen LogP contribution in [0.4, 0.5) is 5.69 Å². The summed E-state index contributed by atoms with van der Waals surface area (Å²) in [4.78, 5) is 16.7. The van der Waals surface area contributed by atoms with E-state index in [-0.39, 0.29) is 11.8 Å². The summed E-state index contributed by atoms with van der Waals surface area (Å²) in [5.41, 5.74) is 1.74. The summed E-state index contributed by atoms with van der Waals surface area (Å²) >= 11 is 0. The Hall–Kier alpha value is -1.39. The summed E-state index contributed by atoms with van der Waals surface area (Å²) < 4.78 is 0. The van der Waals surface area contributed by atoms with Gasteiger partial charge < -0.3 is 10.0 Å². The smallest absolute Gasteiger partial charge is 0.228 e. The Balaban J connectivity index is 1.60. The standard InChI is InChI=1S/C18H26N2O2/c1-14-12-19(13-18(14,2)22)11-9-17(21)20-10-5-7-15-6-3-4-8-16(15)20/h3-4,6,8,14,22H,5,7,9-13H2,1-2H3/t14-,18+/m1/s1. The molecule has 4 heteroatoms. The zero-order valence-electron chi connectivity index (χ0n) is 13.6. The average Bonchev–Trinajstić information content (AvgIpc) is 2.77. The molecule has 1 aromatic carbocycles. The number of fused-ring (bicyclic) bond motifs is 1. The molecular weight excluding hydrogens is 276 g/mol. The van der Waals surface area contributed by atoms with Gasteiger partial charge in [0.1, 0.15) is 0 Å². The lowest BCUT2D eigenvalue weighted by atomic mass is 9.95. The predicted molar refractivity (Wildman–Crippen MR) is 88.0 cm³/mol. The fourth-order valence-electron chi connectivity index (χ4n) is 3.61. The third kappa shape index (κ3) is 3.03. The highest BCUT2D eigenvalue weighted by molar-refractivity contribution is 5.94. The van der Waals surface area contributed by atoms with Crippen LogP contribution in [0.25, 0.3) is 0 Å². The second kappa shape index (κ2) is 6.01. The van der Waals surface area contributed by atoms with Crippen LogP contribution in [0.15, 0.2) is 24.3 Å². The minimum Gasteiger partial charge on any atom is -0.389 e. The number of carbonyl (C=O) groups is 1. The molecule has 1 fully saturated rings. The van der Waals surface area contributed by atoms with Gasteiger partial charge in [0, 0.05) is 38.3 Å². The molecule has 1 saturated heterocycles. The minimum absolute atomic E-state index is 0.200. The summed E-state index contributed by atoms with van der Waals surface area (Å²) in [6.45, 7) is 7.06. The van der Waals surface area contributed by atoms with Crippen LogP contribution in [-0.4, -0.2) is 47.7 Å². The lowest BCUT2D eigenvalue weighted by molar-refractivity contribution is -0.119. The number of nitrogens with zero attached hydrogens (tertiary/aromatic N) is 2. The molecule has 3 rings (SSSR count). The molecule has 0 saturated carbocycles. The number of likely N-dealkylation sites (tertiary alicyclic amines) is 1. The van der Waals surface area contributed by atoms with Crippen LogP contribution >= 0.6 is 0 Å². The zero-order chi connectivity index (χ0) is 15.7. The van der Waals surface area contributed by atoms with Crippen molar-refractivity contribution in [1.82, 2.24) is 4.90 Å². The van der Waals surface area contributed by atoms with Gasteiger partial charge in [-0.05, 0) is 37.3 Å². The van der Waals surface area contributed by atoms with Crippen LogP contribution < -0.4 is 4.90 Å². The molecule has 0 aliphatic carbocycles. The number of hydrogen-bond donors (Lipinski definition) is 1. The molecule has 2 aliphatic rings. The van der Waals surface area contributed by atoms with Crippen LogP contribution in [0.5, 0.6) is 0 Å². The summed E-state index contributed by atoms with van der Waals surface area (Å²) in [5, 5.41) is 10.2. The van der Waals surface area contributed by atoms with Crippen molar-refractivity contribution in [2.45, 2.75) is 38.7 Å². The van der Waals surface area contributed by atoms with Gasteiger partial charge in [-0.2, -0.15) is 0 Å². The monoisotopic (exact) mass is 302 g/mol. The fourth-order valence-corrected chi connectivity index (χ4v) is 3.61. The largest absolute Gasteiger partial charge is 0.389 e. The molecule has 2 aliphatic heterocycles. The van der Waals surface area contributed by atoms with Crippen molar-refractivity contribution in [2.75, 3.05) is 31.1 Å². The zero-order valence-corrected chi connectivity index (χ0v) is 13.6. The van der Waals surface area contributed by atoms with E-state index in [2.05, 4.69) is 24.0 Å². The Kier molecular flexibility index (Phi) is 4.24. The highest BCUT2D eigenvalue weighted by Gasteiger charge is 2.38. The molecule has 0 radical (unpaired) electrons. The Morgan fingerprint density at radius 3 is 2.91 bits per heavy atom. The van der Waals surface area contributed by atoms with Crippen LogP contribution in [0.1, 0.15) is 32.3 Å². The predicted octanol–water partition coefficient (Wildman–Crippen LogP) is 2.06. The van der Waals surface area contributed by atoms with Crippen molar-refractivity contribution in [3.63, 3.8) is 0 Å². The van der Waals surface area contributed by atoms with Gasteiger partial charge in [0.15, 0.2) is 0 Å². The number of aliphatic hydroxyl groups is 1. The molecular formula is C18H26N2O2. The van der Waals surface area contributed by atoms with Crippen LogP contribution in [0, 0.1) is 5.92 Å². The van der Waals surface area contributed by atoms with E-state index in [0.29, 0.717) is 13.0 Å². The van der Waals surface area contributed by atoms with Crippen molar-refractivity contribution in [1.29, 1.82) is 0 Å². The topological polar surface area (TPSA) is 43.8 Å². The molecule has 22 heavy (non-hydrogen) atoms. The maximum Gasteiger partial charge on any atom is 0.228 e. The maximum atomic E-state index is 12.6. The van der Waals surface area contributed by atoms with Gasteiger partial charge in [-0.3, -0.25) is 9.69 Å². The molecule has 0 bridgehead atoms. The number of rotatable bonds is 3. The highest BCUT2D eigenvalue weighted by Crippen LogP contribution is 2.29. The summed E-state index contributed by atoms with van der Waals surface area (Å²) in [5.74, 6) is 0.463. The van der Waals surface area contributed by atoms with E-state index >= 15 is 0 Å². The molecule has 1 N–H and O–H groups in total. The Bertz CT molecular complexity index is 556. The maximum absolute atomic E-state index is 12.6. The quantitative estimate of drug-likeness (QED) is 0.929. The average molecular weight is 302 g/mol. The van der Waals surface area contributed by atoms with Gasteiger partial charge in [-0.15, -0.1) is 0 Å². The highest BCUT2D eigenvalue weighted by atomic mass is 16.3. The molecule has 0 spiro atoms. The number of aryl methyl sites for hydroxylation is 1. The van der Waals surface area contributed by atoms with E-state index in [1.807, 2.05) is 24.0 Å².